The molecule has 0 amide bonds. The lowest BCUT2D eigenvalue weighted by Gasteiger charge is -1.99. The molecule has 0 aliphatic rings. The maximum absolute atomic E-state index is 4.08. The van der Waals surface area contributed by atoms with Gasteiger partial charge in [0.25, 0.3) is 0 Å². The van der Waals surface area contributed by atoms with Crippen LogP contribution < -0.4 is 5.32 Å². The molecule has 1 N–H and O–H groups in total. The van der Waals surface area contributed by atoms with Crippen LogP contribution in [0.5, 0.6) is 0 Å². The number of hydrogen-bond donors (Lipinski definition) is 1. The lowest BCUT2D eigenvalue weighted by Crippen LogP contribution is -1.90. The summed E-state index contributed by atoms with van der Waals surface area (Å²) in [5, 5.41) is 2.98. The van der Waals surface area contributed by atoms with E-state index in [1.807, 2.05) is 19.2 Å². The van der Waals surface area contributed by atoms with E-state index in [1.165, 1.54) is 4.90 Å². The molecule has 0 aliphatic heterocycles. The van der Waals surface area contributed by atoms with Gasteiger partial charge >= 0.3 is 0 Å². The van der Waals surface area contributed by atoms with Gasteiger partial charge in [-0.05, 0) is 18.4 Å². The fraction of sp³-hybridized carbons (Fsp3) is 0.286. The predicted octanol–water partition coefficient (Wildman–Crippen LogP) is 1.85. The van der Waals surface area contributed by atoms with E-state index < -0.39 is 0 Å². The van der Waals surface area contributed by atoms with Crippen molar-refractivity contribution in [3.8, 4) is 0 Å². The normalized spacial score (nSPS) is 9.40. The van der Waals surface area contributed by atoms with Gasteiger partial charge in [-0.2, -0.15) is 0 Å². The molecule has 0 aromatic carbocycles. The predicted molar refractivity (Wildman–Crippen MR) is 45.6 cm³/mol. The summed E-state index contributed by atoms with van der Waals surface area (Å²) >= 11 is 1.72. The Hall–Kier alpha value is -0.700. The smallest absolute Gasteiger partial charge is 0.126 e. The minimum Gasteiger partial charge on any atom is -0.373 e. The molecule has 54 valence electrons. The molecule has 1 rings (SSSR count). The van der Waals surface area contributed by atoms with Crippen LogP contribution in [0.2, 0.25) is 0 Å². The summed E-state index contributed by atoms with van der Waals surface area (Å²) in [6.07, 6.45) is 3.85. The quantitative estimate of drug-likeness (QED) is 0.658. The van der Waals surface area contributed by atoms with Gasteiger partial charge in [0, 0.05) is 18.1 Å². The Morgan fingerprint density at radius 3 is 3.00 bits per heavy atom. The van der Waals surface area contributed by atoms with Crippen molar-refractivity contribution in [1.29, 1.82) is 0 Å². The maximum Gasteiger partial charge on any atom is 0.126 e. The molecule has 0 fully saturated rings. The van der Waals surface area contributed by atoms with Gasteiger partial charge in [-0.3, -0.25) is 0 Å². The fourth-order valence-electron chi connectivity index (χ4n) is 0.675. The first kappa shape index (κ1) is 7.41. The van der Waals surface area contributed by atoms with Crippen LogP contribution in [0.3, 0.4) is 0 Å². The molecule has 1 aromatic heterocycles. The van der Waals surface area contributed by atoms with Crippen LogP contribution in [-0.4, -0.2) is 18.3 Å². The molecular formula is C7H10N2S. The van der Waals surface area contributed by atoms with Gasteiger partial charge in [-0.15, -0.1) is 11.8 Å². The molecule has 0 spiro atoms. The highest BCUT2D eigenvalue weighted by molar-refractivity contribution is 7.98. The molecule has 3 heteroatoms. The van der Waals surface area contributed by atoms with E-state index in [0.29, 0.717) is 0 Å². The van der Waals surface area contributed by atoms with E-state index in [1.54, 1.807) is 18.0 Å². The molecule has 0 bridgehead atoms. The number of rotatable bonds is 2. The van der Waals surface area contributed by atoms with Crippen LogP contribution in [0, 0.1) is 0 Å². The third-order valence-electron chi connectivity index (χ3n) is 1.22. The number of nitrogens with zero attached hydrogens (tertiary/aromatic N) is 1. The molecule has 1 aromatic rings. The Morgan fingerprint density at radius 1 is 1.60 bits per heavy atom. The van der Waals surface area contributed by atoms with Crippen molar-refractivity contribution in [2.75, 3.05) is 18.6 Å². The van der Waals surface area contributed by atoms with Crippen molar-refractivity contribution in [3.63, 3.8) is 0 Å². The number of anilines is 1. The van der Waals surface area contributed by atoms with Crippen LogP contribution in [0.15, 0.2) is 23.2 Å². The average Bonchev–Trinajstić information content (AvgIpc) is 2.05. The molecule has 0 saturated carbocycles. The number of thioether (sulfide) groups is 1. The second-order valence-electron chi connectivity index (χ2n) is 1.83. The molecule has 1 heterocycles. The first-order chi connectivity index (χ1) is 4.86. The van der Waals surface area contributed by atoms with Crippen molar-refractivity contribution in [1.82, 2.24) is 4.98 Å². The Bertz CT molecular complexity index is 193. The lowest BCUT2D eigenvalue weighted by molar-refractivity contribution is 1.24. The number of aromatic nitrogens is 1. The minimum absolute atomic E-state index is 0.923. The van der Waals surface area contributed by atoms with Crippen LogP contribution in [0.25, 0.3) is 0 Å². The van der Waals surface area contributed by atoms with E-state index in [0.717, 1.165) is 5.82 Å². The highest BCUT2D eigenvalue weighted by Crippen LogP contribution is 2.15. The third-order valence-corrected chi connectivity index (χ3v) is 1.95. The third kappa shape index (κ3) is 1.64. The van der Waals surface area contributed by atoms with Gasteiger partial charge in [0.1, 0.15) is 5.82 Å². The summed E-state index contributed by atoms with van der Waals surface area (Å²) in [5.74, 6) is 0.923. The van der Waals surface area contributed by atoms with E-state index >= 15 is 0 Å². The Balaban J connectivity index is 2.87. The molecule has 0 saturated heterocycles. The number of nitrogens with one attached hydrogen (secondary N) is 1. The average molecular weight is 154 g/mol. The molecule has 0 atom stereocenters. The summed E-state index contributed by atoms with van der Waals surface area (Å²) < 4.78 is 0. The largest absolute Gasteiger partial charge is 0.373 e. The minimum atomic E-state index is 0.923. The van der Waals surface area contributed by atoms with E-state index in [4.69, 9.17) is 0 Å². The summed E-state index contributed by atoms with van der Waals surface area (Å²) in [4.78, 5) is 5.32. The molecule has 0 unspecified atom stereocenters. The van der Waals surface area contributed by atoms with Crippen LogP contribution in [0.1, 0.15) is 0 Å². The van der Waals surface area contributed by atoms with Gasteiger partial charge < -0.3 is 5.32 Å². The zero-order valence-corrected chi connectivity index (χ0v) is 6.90. The molecule has 10 heavy (non-hydrogen) atoms. The topological polar surface area (TPSA) is 24.9 Å². The first-order valence-corrected chi connectivity index (χ1v) is 4.27. The highest BCUT2D eigenvalue weighted by atomic mass is 32.2. The van der Waals surface area contributed by atoms with Crippen molar-refractivity contribution in [3.05, 3.63) is 18.3 Å². The first-order valence-electron chi connectivity index (χ1n) is 3.04. The summed E-state index contributed by atoms with van der Waals surface area (Å²) in [7, 11) is 1.87. The van der Waals surface area contributed by atoms with E-state index in [-0.39, 0.29) is 0 Å². The summed E-state index contributed by atoms with van der Waals surface area (Å²) in [5.41, 5.74) is 0. The van der Waals surface area contributed by atoms with Crippen LogP contribution in [0.4, 0.5) is 5.82 Å². The van der Waals surface area contributed by atoms with E-state index in [2.05, 4.69) is 16.6 Å². The maximum atomic E-state index is 4.08. The molecular weight excluding hydrogens is 144 g/mol. The standard InChI is InChI=1S/C7H10N2S/c1-8-7-5-6(10-2)3-4-9-7/h3-5H,1-2H3,(H,8,9). The van der Waals surface area contributed by atoms with Crippen molar-refractivity contribution in [2.45, 2.75) is 4.90 Å². The Labute approximate surface area is 65.1 Å². The van der Waals surface area contributed by atoms with Gasteiger partial charge in [-0.25, -0.2) is 4.98 Å². The fourth-order valence-corrected chi connectivity index (χ4v) is 1.10. The SMILES string of the molecule is CNc1cc(SC)ccn1. The van der Waals surface area contributed by atoms with Gasteiger partial charge in [0.2, 0.25) is 0 Å². The van der Waals surface area contributed by atoms with Gasteiger partial charge in [0.05, 0.1) is 0 Å². The molecule has 0 radical (unpaired) electrons. The zero-order valence-electron chi connectivity index (χ0n) is 6.09. The number of hydrogen-bond acceptors (Lipinski definition) is 3. The van der Waals surface area contributed by atoms with Crippen LogP contribution >= 0.6 is 11.8 Å². The highest BCUT2D eigenvalue weighted by Gasteiger charge is 1.90. The second-order valence-corrected chi connectivity index (χ2v) is 2.71. The lowest BCUT2D eigenvalue weighted by atomic mass is 10.5. The monoisotopic (exact) mass is 154 g/mol. The van der Waals surface area contributed by atoms with Crippen LogP contribution in [-0.2, 0) is 0 Å². The summed E-state index contributed by atoms with van der Waals surface area (Å²) in [6.45, 7) is 0. The van der Waals surface area contributed by atoms with Gasteiger partial charge in [-0.1, -0.05) is 0 Å². The van der Waals surface area contributed by atoms with Gasteiger partial charge in [0.15, 0.2) is 0 Å². The zero-order chi connectivity index (χ0) is 7.40. The molecule has 2 nitrogen and oxygen atoms in total. The Morgan fingerprint density at radius 2 is 2.40 bits per heavy atom. The summed E-state index contributed by atoms with van der Waals surface area (Å²) in [6, 6.07) is 4.01. The second kappa shape index (κ2) is 3.46. The van der Waals surface area contributed by atoms with E-state index in [9.17, 15) is 0 Å². The number of pyridine rings is 1. The van der Waals surface area contributed by atoms with Crippen molar-refractivity contribution < 1.29 is 0 Å². The van der Waals surface area contributed by atoms with Crippen molar-refractivity contribution >= 4 is 17.6 Å². The molecule has 0 aliphatic carbocycles. The Kier molecular flexibility index (Phi) is 2.57. The van der Waals surface area contributed by atoms with Crippen molar-refractivity contribution in [2.24, 2.45) is 0 Å².